The van der Waals surface area contributed by atoms with Gasteiger partial charge in [-0.15, -0.1) is 0 Å². The molecule has 190 valence electrons. The van der Waals surface area contributed by atoms with E-state index >= 15 is 0 Å². The van der Waals surface area contributed by atoms with Crippen LogP contribution in [0.5, 0.6) is 0 Å². The van der Waals surface area contributed by atoms with E-state index in [1.54, 1.807) is 36.9 Å². The molecule has 0 aliphatic carbocycles. The van der Waals surface area contributed by atoms with Gasteiger partial charge in [-0.1, -0.05) is 36.4 Å². The quantitative estimate of drug-likeness (QED) is 0.272. The molecular formula is C25H32N2O7S. The van der Waals surface area contributed by atoms with E-state index < -0.39 is 18.3 Å². The molecule has 35 heavy (non-hydrogen) atoms. The number of amides is 2. The number of aliphatic hydroxyl groups excluding tert-OH is 2. The van der Waals surface area contributed by atoms with Gasteiger partial charge in [-0.3, -0.25) is 4.79 Å². The molecule has 0 spiro atoms. The summed E-state index contributed by atoms with van der Waals surface area (Å²) in [6.45, 7) is 1.81. The van der Waals surface area contributed by atoms with Crippen molar-refractivity contribution in [2.75, 3.05) is 36.6 Å². The number of benzene rings is 2. The lowest BCUT2D eigenvalue weighted by atomic mass is 10.0. The fraction of sp³-hybridized carbons (Fsp3) is 0.440. The van der Waals surface area contributed by atoms with Crippen LogP contribution >= 0.6 is 11.8 Å². The van der Waals surface area contributed by atoms with Gasteiger partial charge in [0.15, 0.2) is 6.29 Å². The van der Waals surface area contributed by atoms with Crippen LogP contribution in [0.4, 0.5) is 10.5 Å². The monoisotopic (exact) mass is 504 g/mol. The van der Waals surface area contributed by atoms with E-state index in [2.05, 4.69) is 10.6 Å². The largest absolute Gasteiger partial charge is 0.465 e. The van der Waals surface area contributed by atoms with Gasteiger partial charge >= 0.3 is 12.0 Å². The van der Waals surface area contributed by atoms with Gasteiger partial charge in [-0.25, -0.2) is 4.79 Å². The topological polar surface area (TPSA) is 126 Å². The number of ether oxygens (including phenoxy) is 3. The third-order valence-corrected chi connectivity index (χ3v) is 6.35. The van der Waals surface area contributed by atoms with E-state index in [0.717, 1.165) is 16.7 Å². The van der Waals surface area contributed by atoms with E-state index in [1.807, 2.05) is 30.3 Å². The first kappa shape index (κ1) is 27.0. The fourth-order valence-electron chi connectivity index (χ4n) is 3.60. The number of hydrogen-bond acceptors (Lipinski definition) is 8. The predicted molar refractivity (Wildman–Crippen MR) is 133 cm³/mol. The van der Waals surface area contributed by atoms with E-state index in [9.17, 15) is 14.7 Å². The Hall–Kier alpha value is -2.63. The second-order valence-electron chi connectivity index (χ2n) is 7.89. The summed E-state index contributed by atoms with van der Waals surface area (Å²) in [4.78, 5) is 23.6. The molecule has 1 saturated heterocycles. The first-order chi connectivity index (χ1) is 17.0. The minimum absolute atomic E-state index is 0.0227. The van der Waals surface area contributed by atoms with Crippen LogP contribution in [0.3, 0.4) is 0 Å². The SMILES string of the molecule is CCOC(=O)CNC(=O)Nc1cccc(C2OC(CSCCO)CC(c3ccc(CO)cc3)O2)c1. The molecule has 1 fully saturated rings. The van der Waals surface area contributed by atoms with Gasteiger partial charge in [0.2, 0.25) is 0 Å². The number of urea groups is 1. The summed E-state index contributed by atoms with van der Waals surface area (Å²) < 4.78 is 17.3. The minimum atomic E-state index is -0.657. The highest BCUT2D eigenvalue weighted by Gasteiger charge is 2.32. The first-order valence-corrected chi connectivity index (χ1v) is 12.7. The number of hydrogen-bond donors (Lipinski definition) is 4. The van der Waals surface area contributed by atoms with Gasteiger partial charge < -0.3 is 35.1 Å². The highest BCUT2D eigenvalue weighted by atomic mass is 32.2. The van der Waals surface area contributed by atoms with Crippen molar-refractivity contribution in [3.63, 3.8) is 0 Å². The zero-order valence-corrected chi connectivity index (χ0v) is 20.5. The Labute approximate surface area is 209 Å². The standard InChI is InChI=1S/C25H32N2O7S/c1-2-32-23(30)14-26-25(31)27-20-5-3-4-19(12-20)24-33-21(16-35-11-10-28)13-22(34-24)18-8-6-17(15-29)7-9-18/h3-9,12,21-22,24,28-29H,2,10-11,13-16H2,1H3,(H2,26,27,31). The highest BCUT2D eigenvalue weighted by Crippen LogP contribution is 2.39. The molecule has 0 radical (unpaired) electrons. The minimum Gasteiger partial charge on any atom is -0.465 e. The molecule has 2 aromatic carbocycles. The van der Waals surface area contributed by atoms with Crippen LogP contribution in [0.15, 0.2) is 48.5 Å². The number of esters is 1. The van der Waals surface area contributed by atoms with Gasteiger partial charge in [0, 0.05) is 29.2 Å². The molecule has 2 aromatic rings. The Morgan fingerprint density at radius 1 is 1.11 bits per heavy atom. The molecule has 0 saturated carbocycles. The molecule has 10 heteroatoms. The predicted octanol–water partition coefficient (Wildman–Crippen LogP) is 3.13. The second-order valence-corrected chi connectivity index (χ2v) is 9.04. The number of aliphatic hydroxyl groups is 2. The van der Waals surface area contributed by atoms with Crippen LogP contribution < -0.4 is 10.6 Å². The molecular weight excluding hydrogens is 472 g/mol. The van der Waals surface area contributed by atoms with Crippen LogP contribution in [0.1, 0.15) is 42.4 Å². The summed E-state index contributed by atoms with van der Waals surface area (Å²) in [6, 6.07) is 14.3. The maximum Gasteiger partial charge on any atom is 0.325 e. The molecule has 1 aliphatic heterocycles. The van der Waals surface area contributed by atoms with E-state index in [4.69, 9.17) is 19.3 Å². The van der Waals surface area contributed by atoms with Crippen molar-refractivity contribution in [2.24, 2.45) is 0 Å². The summed E-state index contributed by atoms with van der Waals surface area (Å²) in [5.41, 5.74) is 3.08. The molecule has 4 N–H and O–H groups in total. The molecule has 1 heterocycles. The van der Waals surface area contributed by atoms with Crippen LogP contribution in [0.2, 0.25) is 0 Å². The highest BCUT2D eigenvalue weighted by molar-refractivity contribution is 7.99. The van der Waals surface area contributed by atoms with Crippen molar-refractivity contribution >= 4 is 29.4 Å². The lowest BCUT2D eigenvalue weighted by Gasteiger charge is -2.36. The summed E-state index contributed by atoms with van der Waals surface area (Å²) >= 11 is 1.62. The van der Waals surface area contributed by atoms with E-state index in [1.165, 1.54) is 0 Å². The van der Waals surface area contributed by atoms with Crippen LogP contribution in [-0.2, 0) is 25.6 Å². The van der Waals surface area contributed by atoms with E-state index in [-0.39, 0.29) is 38.6 Å². The average Bonchev–Trinajstić information content (AvgIpc) is 2.88. The molecule has 0 aromatic heterocycles. The number of anilines is 1. The molecule has 2 amide bonds. The molecule has 3 atom stereocenters. The summed E-state index contributed by atoms with van der Waals surface area (Å²) in [7, 11) is 0. The molecule has 1 aliphatic rings. The van der Waals surface area contributed by atoms with Crippen molar-refractivity contribution < 1.29 is 34.0 Å². The lowest BCUT2D eigenvalue weighted by Crippen LogP contribution is -2.34. The number of carbonyl (C=O) groups excluding carboxylic acids is 2. The Balaban J connectivity index is 1.70. The number of nitrogens with one attached hydrogen (secondary N) is 2. The van der Waals surface area contributed by atoms with Crippen LogP contribution in [-0.4, -0.2) is 59.6 Å². The van der Waals surface area contributed by atoms with Gasteiger partial charge in [-0.2, -0.15) is 11.8 Å². The molecule has 3 unspecified atom stereocenters. The van der Waals surface area contributed by atoms with Crippen LogP contribution in [0, 0.1) is 0 Å². The normalized spacial score (nSPS) is 19.7. The van der Waals surface area contributed by atoms with Crippen molar-refractivity contribution in [1.29, 1.82) is 0 Å². The summed E-state index contributed by atoms with van der Waals surface area (Å²) in [5.74, 6) is 0.824. The first-order valence-electron chi connectivity index (χ1n) is 11.5. The Morgan fingerprint density at radius 3 is 2.63 bits per heavy atom. The smallest absolute Gasteiger partial charge is 0.325 e. The Kier molecular flexibility index (Phi) is 10.8. The number of carbonyl (C=O) groups is 2. The van der Waals surface area contributed by atoms with Gasteiger partial charge in [-0.05, 0) is 30.2 Å². The number of rotatable bonds is 11. The third-order valence-electron chi connectivity index (χ3n) is 5.27. The molecule has 3 rings (SSSR count). The Bertz CT molecular complexity index is 957. The summed E-state index contributed by atoms with van der Waals surface area (Å²) in [5, 5.41) is 23.6. The van der Waals surface area contributed by atoms with Crippen molar-refractivity contribution in [1.82, 2.24) is 5.32 Å². The number of thioether (sulfide) groups is 1. The molecule has 0 bridgehead atoms. The van der Waals surface area contributed by atoms with Crippen molar-refractivity contribution in [3.8, 4) is 0 Å². The summed E-state index contributed by atoms with van der Waals surface area (Å²) in [6.07, 6.45) is -0.319. The average molecular weight is 505 g/mol. The van der Waals surface area contributed by atoms with Crippen molar-refractivity contribution in [2.45, 2.75) is 38.4 Å². The zero-order valence-electron chi connectivity index (χ0n) is 19.6. The molecule has 9 nitrogen and oxygen atoms in total. The van der Waals surface area contributed by atoms with E-state index in [0.29, 0.717) is 23.6 Å². The Morgan fingerprint density at radius 2 is 1.91 bits per heavy atom. The van der Waals surface area contributed by atoms with Crippen LogP contribution in [0.25, 0.3) is 0 Å². The maximum absolute atomic E-state index is 12.2. The second kappa shape index (κ2) is 14.1. The van der Waals surface area contributed by atoms with Gasteiger partial charge in [0.05, 0.1) is 32.0 Å². The fourth-order valence-corrected chi connectivity index (χ4v) is 4.38. The third kappa shape index (κ3) is 8.52. The van der Waals surface area contributed by atoms with Gasteiger partial charge in [0.1, 0.15) is 6.54 Å². The zero-order chi connectivity index (χ0) is 25.0. The maximum atomic E-state index is 12.2. The lowest BCUT2D eigenvalue weighted by molar-refractivity contribution is -0.245. The van der Waals surface area contributed by atoms with Crippen molar-refractivity contribution in [3.05, 3.63) is 65.2 Å². The van der Waals surface area contributed by atoms with Gasteiger partial charge in [0.25, 0.3) is 0 Å².